The van der Waals surface area contributed by atoms with Crippen molar-refractivity contribution in [2.75, 3.05) is 31.1 Å². The molecule has 2 aromatic rings. The predicted octanol–water partition coefficient (Wildman–Crippen LogP) is 1.21. The summed E-state index contributed by atoms with van der Waals surface area (Å²) < 4.78 is 0. The van der Waals surface area contributed by atoms with E-state index in [1.54, 1.807) is 12.3 Å². The molecule has 7 heteroatoms. The fraction of sp³-hybridized carbons (Fsp3) is 0.350. The van der Waals surface area contributed by atoms with Gasteiger partial charge in [0, 0.05) is 44.8 Å². The first-order chi connectivity index (χ1) is 13.2. The molecule has 0 aliphatic carbocycles. The molecule has 2 aliphatic rings. The van der Waals surface area contributed by atoms with Crippen molar-refractivity contribution in [3.8, 4) is 6.07 Å². The molecule has 7 nitrogen and oxygen atoms in total. The summed E-state index contributed by atoms with van der Waals surface area (Å²) in [6.07, 6.45) is 2.10. The second-order valence-electron chi connectivity index (χ2n) is 6.89. The number of carbonyl (C=O) groups excluding carboxylic acids is 1. The molecule has 0 radical (unpaired) electrons. The number of hydrogen-bond donors (Lipinski definition) is 2. The summed E-state index contributed by atoms with van der Waals surface area (Å²) >= 11 is 0. The summed E-state index contributed by atoms with van der Waals surface area (Å²) in [4.78, 5) is 21.0. The highest BCUT2D eigenvalue weighted by Crippen LogP contribution is 2.27. The van der Waals surface area contributed by atoms with E-state index >= 15 is 0 Å². The quantitative estimate of drug-likeness (QED) is 0.854. The van der Waals surface area contributed by atoms with Gasteiger partial charge >= 0.3 is 0 Å². The maximum Gasteiger partial charge on any atom is 0.235 e. The van der Waals surface area contributed by atoms with E-state index in [1.165, 1.54) is 5.56 Å². The Kier molecular flexibility index (Phi) is 5.01. The summed E-state index contributed by atoms with van der Waals surface area (Å²) in [5.74, 6) is 0.927. The highest BCUT2D eigenvalue weighted by Gasteiger charge is 2.35. The van der Waals surface area contributed by atoms with Crippen LogP contribution in [0.15, 0.2) is 48.7 Å². The highest BCUT2D eigenvalue weighted by molar-refractivity contribution is 5.77. The summed E-state index contributed by atoms with van der Waals surface area (Å²) in [5, 5.41) is 8.91. The van der Waals surface area contributed by atoms with Crippen LogP contribution in [0.5, 0.6) is 0 Å². The van der Waals surface area contributed by atoms with E-state index < -0.39 is 0 Å². The number of piperazine rings is 1. The average Bonchev–Trinajstić information content (AvgIpc) is 2.74. The Balaban J connectivity index is 1.45. The third-order valence-corrected chi connectivity index (χ3v) is 5.29. The van der Waals surface area contributed by atoms with Crippen molar-refractivity contribution in [3.05, 3.63) is 59.8 Å². The van der Waals surface area contributed by atoms with Gasteiger partial charge in [0.1, 0.15) is 11.9 Å². The maximum absolute atomic E-state index is 12.0. The van der Waals surface area contributed by atoms with E-state index in [9.17, 15) is 4.79 Å². The largest absolute Gasteiger partial charge is 0.354 e. The number of carbonyl (C=O) groups is 1. The van der Waals surface area contributed by atoms with Crippen LogP contribution in [0.1, 0.15) is 23.6 Å². The van der Waals surface area contributed by atoms with Crippen LogP contribution in [0, 0.1) is 11.3 Å². The summed E-state index contributed by atoms with van der Waals surface area (Å²) in [6, 6.07) is 16.2. The number of nitrogens with one attached hydrogen (secondary N) is 2. The average molecular weight is 362 g/mol. The molecule has 3 heterocycles. The zero-order valence-electron chi connectivity index (χ0n) is 15.0. The van der Waals surface area contributed by atoms with Gasteiger partial charge in [-0.1, -0.05) is 30.3 Å². The number of rotatable bonds is 3. The third-order valence-electron chi connectivity index (χ3n) is 5.29. The van der Waals surface area contributed by atoms with Gasteiger partial charge < -0.3 is 4.90 Å². The van der Waals surface area contributed by atoms with Gasteiger partial charge in [-0.25, -0.2) is 10.4 Å². The van der Waals surface area contributed by atoms with Crippen LogP contribution in [0.3, 0.4) is 0 Å². The minimum Gasteiger partial charge on any atom is -0.354 e. The van der Waals surface area contributed by atoms with Crippen LogP contribution >= 0.6 is 0 Å². The number of aromatic nitrogens is 1. The molecule has 1 aromatic heterocycles. The number of pyridine rings is 1. The molecular formula is C20H22N6O. The summed E-state index contributed by atoms with van der Waals surface area (Å²) in [7, 11) is 0. The molecule has 138 valence electrons. The molecule has 0 spiro atoms. The Morgan fingerprint density at radius 3 is 2.52 bits per heavy atom. The smallest absolute Gasteiger partial charge is 0.235 e. The topological polar surface area (TPSA) is 84.3 Å². The first-order valence-corrected chi connectivity index (χ1v) is 9.19. The lowest BCUT2D eigenvalue weighted by atomic mass is 9.93. The summed E-state index contributed by atoms with van der Waals surface area (Å²) in [5.41, 5.74) is 7.72. The number of nitrogens with zero attached hydrogens (tertiary/aromatic N) is 4. The molecule has 2 fully saturated rings. The molecule has 1 aromatic carbocycles. The molecule has 27 heavy (non-hydrogen) atoms. The number of hydrazine groups is 1. The molecule has 2 unspecified atom stereocenters. The molecule has 1 amide bonds. The van der Waals surface area contributed by atoms with Crippen molar-refractivity contribution >= 4 is 11.7 Å². The van der Waals surface area contributed by atoms with E-state index in [0.717, 1.165) is 32.0 Å². The first-order valence-electron chi connectivity index (χ1n) is 9.19. The highest BCUT2D eigenvalue weighted by atomic mass is 16.2. The number of benzene rings is 1. The molecule has 2 atom stereocenters. The molecule has 2 aliphatic heterocycles. The van der Waals surface area contributed by atoms with Crippen LogP contribution in [0.25, 0.3) is 0 Å². The van der Waals surface area contributed by atoms with Gasteiger partial charge in [-0.15, -0.1) is 0 Å². The maximum atomic E-state index is 12.0. The van der Waals surface area contributed by atoms with Gasteiger partial charge in [0.15, 0.2) is 0 Å². The Hall–Kier alpha value is -2.95. The summed E-state index contributed by atoms with van der Waals surface area (Å²) in [6.45, 7) is 3.42. The monoisotopic (exact) mass is 362 g/mol. The lowest BCUT2D eigenvalue weighted by Crippen LogP contribution is -2.60. The molecule has 4 rings (SSSR count). The Morgan fingerprint density at radius 1 is 1.07 bits per heavy atom. The van der Waals surface area contributed by atoms with Gasteiger partial charge in [0.2, 0.25) is 5.91 Å². The number of anilines is 1. The van der Waals surface area contributed by atoms with Gasteiger partial charge in [0.05, 0.1) is 11.6 Å². The van der Waals surface area contributed by atoms with Gasteiger partial charge in [-0.2, -0.15) is 5.26 Å². The predicted molar refractivity (Wildman–Crippen MR) is 102 cm³/mol. The zero-order chi connectivity index (χ0) is 18.6. The van der Waals surface area contributed by atoms with Crippen molar-refractivity contribution in [1.29, 1.82) is 5.26 Å². The van der Waals surface area contributed by atoms with E-state index in [1.807, 2.05) is 24.3 Å². The lowest BCUT2D eigenvalue weighted by molar-refractivity contribution is -0.126. The fourth-order valence-electron chi connectivity index (χ4n) is 3.84. The van der Waals surface area contributed by atoms with Crippen LogP contribution in [-0.2, 0) is 4.79 Å². The van der Waals surface area contributed by atoms with E-state index in [0.29, 0.717) is 12.0 Å². The minimum atomic E-state index is 0.0309. The second kappa shape index (κ2) is 7.74. The van der Waals surface area contributed by atoms with Crippen molar-refractivity contribution in [2.24, 2.45) is 0 Å². The number of hydrogen-bond acceptors (Lipinski definition) is 6. The molecule has 0 bridgehead atoms. The van der Waals surface area contributed by atoms with Crippen LogP contribution < -0.4 is 15.8 Å². The van der Waals surface area contributed by atoms with Gasteiger partial charge in [0.25, 0.3) is 0 Å². The number of amides is 1. The Morgan fingerprint density at radius 2 is 1.85 bits per heavy atom. The van der Waals surface area contributed by atoms with Crippen LogP contribution in [0.4, 0.5) is 5.82 Å². The lowest BCUT2D eigenvalue weighted by Gasteiger charge is -2.44. The van der Waals surface area contributed by atoms with Crippen molar-refractivity contribution in [3.63, 3.8) is 0 Å². The Bertz CT molecular complexity index is 824. The van der Waals surface area contributed by atoms with Crippen LogP contribution in [0.2, 0.25) is 0 Å². The minimum absolute atomic E-state index is 0.0309. The zero-order valence-corrected chi connectivity index (χ0v) is 15.0. The SMILES string of the molecule is N#Cc1ccc(N2CCN(C3CC(=O)NNC3c3ccccc3)CC2)nc1. The standard InChI is InChI=1S/C20H22N6O/c21-13-15-6-7-18(22-14-15)26-10-8-25(9-11-26)17-12-19(27)23-24-20(17)16-4-2-1-3-5-16/h1-7,14,17,20,24H,8-12H2,(H,23,27). The second-order valence-corrected chi connectivity index (χ2v) is 6.89. The van der Waals surface area contributed by atoms with Gasteiger partial charge in [-0.3, -0.25) is 15.1 Å². The molecule has 0 saturated carbocycles. The number of nitriles is 1. The third kappa shape index (κ3) is 3.77. The van der Waals surface area contributed by atoms with Crippen molar-refractivity contribution < 1.29 is 4.79 Å². The van der Waals surface area contributed by atoms with E-state index in [2.05, 4.69) is 43.8 Å². The molecule has 2 saturated heterocycles. The fourth-order valence-corrected chi connectivity index (χ4v) is 3.84. The van der Waals surface area contributed by atoms with E-state index in [4.69, 9.17) is 5.26 Å². The first kappa shape index (κ1) is 17.5. The molecular weight excluding hydrogens is 340 g/mol. The van der Waals surface area contributed by atoms with Gasteiger partial charge in [-0.05, 0) is 17.7 Å². The van der Waals surface area contributed by atoms with Crippen LogP contribution in [-0.4, -0.2) is 48.0 Å². The Labute approximate surface area is 158 Å². The van der Waals surface area contributed by atoms with Crippen molar-refractivity contribution in [1.82, 2.24) is 20.7 Å². The van der Waals surface area contributed by atoms with E-state index in [-0.39, 0.29) is 18.0 Å². The van der Waals surface area contributed by atoms with Crippen molar-refractivity contribution in [2.45, 2.75) is 18.5 Å². The molecule has 2 N–H and O–H groups in total. The normalized spacial score (nSPS) is 23.5.